The van der Waals surface area contributed by atoms with Crippen molar-refractivity contribution in [1.29, 1.82) is 10.5 Å². The largest absolute Gasteiger partial charge is 0.392 e. The SMILES string of the molecule is N#C[C@H]1[C@H](C#N)[C@H]2C=C[C@@H]1C2O. The molecule has 2 aliphatic rings. The van der Waals surface area contributed by atoms with Crippen molar-refractivity contribution in [2.45, 2.75) is 6.10 Å². The molecule has 0 heterocycles. The van der Waals surface area contributed by atoms with Gasteiger partial charge in [0, 0.05) is 11.8 Å². The first-order valence-corrected chi connectivity index (χ1v) is 3.95. The molecule has 12 heavy (non-hydrogen) atoms. The molecule has 1 N–H and O–H groups in total. The lowest BCUT2D eigenvalue weighted by Crippen LogP contribution is -2.15. The molecule has 2 rings (SSSR count). The summed E-state index contributed by atoms with van der Waals surface area (Å²) in [5.41, 5.74) is 0. The maximum atomic E-state index is 9.57. The van der Waals surface area contributed by atoms with Gasteiger partial charge in [0.25, 0.3) is 0 Å². The van der Waals surface area contributed by atoms with Crippen LogP contribution in [0.4, 0.5) is 0 Å². The van der Waals surface area contributed by atoms with E-state index < -0.39 is 6.10 Å². The highest BCUT2D eigenvalue weighted by Crippen LogP contribution is 2.47. The summed E-state index contributed by atoms with van der Waals surface area (Å²) >= 11 is 0. The van der Waals surface area contributed by atoms with Crippen molar-refractivity contribution >= 4 is 0 Å². The molecule has 0 amide bonds. The highest BCUT2D eigenvalue weighted by Gasteiger charge is 2.51. The molecule has 3 heteroatoms. The molecule has 60 valence electrons. The lowest BCUT2D eigenvalue weighted by atomic mass is 9.85. The van der Waals surface area contributed by atoms with Gasteiger partial charge in [-0.25, -0.2) is 0 Å². The third-order valence-electron chi connectivity index (χ3n) is 2.86. The summed E-state index contributed by atoms with van der Waals surface area (Å²) in [5.74, 6) is -0.825. The second-order valence-electron chi connectivity index (χ2n) is 3.34. The third kappa shape index (κ3) is 0.668. The normalized spacial score (nSPS) is 48.8. The molecule has 0 aromatic carbocycles. The number of fused-ring (bicyclic) bond motifs is 2. The molecule has 3 nitrogen and oxygen atoms in total. The third-order valence-corrected chi connectivity index (χ3v) is 2.86. The van der Waals surface area contributed by atoms with Crippen LogP contribution in [0.5, 0.6) is 0 Å². The number of hydrogen-bond acceptors (Lipinski definition) is 3. The molecule has 1 unspecified atom stereocenters. The molecular weight excluding hydrogens is 152 g/mol. The van der Waals surface area contributed by atoms with E-state index in [4.69, 9.17) is 10.5 Å². The van der Waals surface area contributed by atoms with Gasteiger partial charge in [-0.15, -0.1) is 0 Å². The van der Waals surface area contributed by atoms with Gasteiger partial charge in [-0.2, -0.15) is 10.5 Å². The van der Waals surface area contributed by atoms with Gasteiger partial charge in [-0.05, 0) is 0 Å². The van der Waals surface area contributed by atoms with Gasteiger partial charge in [-0.1, -0.05) is 12.2 Å². The average Bonchev–Trinajstić information content (AvgIpc) is 2.58. The van der Waals surface area contributed by atoms with Crippen molar-refractivity contribution in [3.8, 4) is 12.1 Å². The zero-order chi connectivity index (χ0) is 8.72. The minimum atomic E-state index is -0.501. The van der Waals surface area contributed by atoms with Crippen LogP contribution in [0.15, 0.2) is 12.2 Å². The molecule has 0 aromatic rings. The fourth-order valence-corrected chi connectivity index (χ4v) is 2.22. The Labute approximate surface area is 70.5 Å². The Hall–Kier alpha value is -1.32. The van der Waals surface area contributed by atoms with Crippen LogP contribution in [0.1, 0.15) is 0 Å². The van der Waals surface area contributed by atoms with E-state index in [1.165, 1.54) is 0 Å². The van der Waals surface area contributed by atoms with E-state index in [9.17, 15) is 5.11 Å². The van der Waals surface area contributed by atoms with Gasteiger partial charge in [0.1, 0.15) is 0 Å². The van der Waals surface area contributed by atoms with Crippen LogP contribution in [0.2, 0.25) is 0 Å². The van der Waals surface area contributed by atoms with Gasteiger partial charge >= 0.3 is 0 Å². The molecule has 1 saturated carbocycles. The standard InChI is InChI=1S/C9H8N2O/c10-3-7-5-1-2-6(9(5)12)8(7)4-11/h1-2,5-9,12H/t5-,6+,7-,8-,9?/m1/s1. The number of rotatable bonds is 0. The van der Waals surface area contributed by atoms with E-state index in [0.29, 0.717) is 0 Å². The monoisotopic (exact) mass is 160 g/mol. The topological polar surface area (TPSA) is 67.8 Å². The molecule has 0 aromatic heterocycles. The summed E-state index contributed by atoms with van der Waals surface area (Å²) in [4.78, 5) is 0. The Balaban J connectivity index is 2.36. The van der Waals surface area contributed by atoms with E-state index >= 15 is 0 Å². The Morgan fingerprint density at radius 2 is 1.42 bits per heavy atom. The second kappa shape index (κ2) is 2.33. The highest BCUT2D eigenvalue weighted by atomic mass is 16.3. The predicted octanol–water partition coefficient (Wildman–Crippen LogP) is 0.443. The molecule has 5 atom stereocenters. The Morgan fingerprint density at radius 3 is 1.75 bits per heavy atom. The molecule has 1 fully saturated rings. The van der Waals surface area contributed by atoms with E-state index in [1.807, 2.05) is 12.2 Å². The number of hydrogen-bond donors (Lipinski definition) is 1. The lowest BCUT2D eigenvalue weighted by Gasteiger charge is -2.13. The number of nitrogens with zero attached hydrogens (tertiary/aromatic N) is 2. The highest BCUT2D eigenvalue weighted by molar-refractivity contribution is 5.26. The molecule has 2 aliphatic carbocycles. The zero-order valence-electron chi connectivity index (χ0n) is 6.38. The molecule has 0 spiro atoms. The molecule has 0 radical (unpaired) electrons. The summed E-state index contributed by atoms with van der Waals surface area (Å²) in [6.07, 6.45) is 3.22. The molecule has 0 saturated heterocycles. The van der Waals surface area contributed by atoms with Crippen molar-refractivity contribution in [3.05, 3.63) is 12.2 Å². The predicted molar refractivity (Wildman–Crippen MR) is 40.3 cm³/mol. The summed E-state index contributed by atoms with van der Waals surface area (Å²) in [6, 6.07) is 4.19. The first kappa shape index (κ1) is 7.34. The van der Waals surface area contributed by atoms with E-state index in [0.717, 1.165) is 0 Å². The van der Waals surface area contributed by atoms with Crippen LogP contribution in [-0.4, -0.2) is 11.2 Å². The van der Waals surface area contributed by atoms with Crippen LogP contribution in [-0.2, 0) is 0 Å². The molecule has 2 bridgehead atoms. The Morgan fingerprint density at radius 1 is 1.00 bits per heavy atom. The summed E-state index contributed by atoms with van der Waals surface area (Å²) in [7, 11) is 0. The molecular formula is C9H8N2O. The summed E-state index contributed by atoms with van der Waals surface area (Å²) in [5, 5.41) is 27.1. The minimum Gasteiger partial charge on any atom is -0.392 e. The van der Waals surface area contributed by atoms with Crippen molar-refractivity contribution in [2.24, 2.45) is 23.7 Å². The van der Waals surface area contributed by atoms with Gasteiger partial charge in [0.05, 0.1) is 30.1 Å². The Bertz CT molecular complexity index is 279. The number of nitriles is 2. The van der Waals surface area contributed by atoms with Gasteiger partial charge in [0.15, 0.2) is 0 Å². The fraction of sp³-hybridized carbons (Fsp3) is 0.556. The summed E-state index contributed by atoms with van der Waals surface area (Å²) in [6.45, 7) is 0. The van der Waals surface area contributed by atoms with Crippen LogP contribution in [0, 0.1) is 46.3 Å². The van der Waals surface area contributed by atoms with Crippen molar-refractivity contribution in [2.75, 3.05) is 0 Å². The van der Waals surface area contributed by atoms with Crippen LogP contribution in [0.25, 0.3) is 0 Å². The number of aliphatic hydroxyl groups is 1. The Kier molecular flexibility index (Phi) is 1.43. The van der Waals surface area contributed by atoms with Gasteiger partial charge in [-0.3, -0.25) is 0 Å². The van der Waals surface area contributed by atoms with E-state index in [1.54, 1.807) is 0 Å². The molecule has 0 aliphatic heterocycles. The van der Waals surface area contributed by atoms with Crippen LogP contribution in [0.3, 0.4) is 0 Å². The first-order valence-electron chi connectivity index (χ1n) is 3.95. The summed E-state index contributed by atoms with van der Waals surface area (Å²) < 4.78 is 0. The van der Waals surface area contributed by atoms with Crippen molar-refractivity contribution in [1.82, 2.24) is 0 Å². The lowest BCUT2D eigenvalue weighted by molar-refractivity contribution is 0.131. The zero-order valence-corrected chi connectivity index (χ0v) is 6.38. The van der Waals surface area contributed by atoms with Gasteiger partial charge < -0.3 is 5.11 Å². The number of aliphatic hydroxyl groups excluding tert-OH is 1. The average molecular weight is 160 g/mol. The minimum absolute atomic E-state index is 0.107. The first-order chi connectivity index (χ1) is 5.79. The van der Waals surface area contributed by atoms with Gasteiger partial charge in [0.2, 0.25) is 0 Å². The maximum Gasteiger partial charge on any atom is 0.0715 e. The fourth-order valence-electron chi connectivity index (χ4n) is 2.22. The smallest absolute Gasteiger partial charge is 0.0715 e. The maximum absolute atomic E-state index is 9.57. The quantitative estimate of drug-likeness (QED) is 0.523. The van der Waals surface area contributed by atoms with Crippen molar-refractivity contribution < 1.29 is 5.11 Å². The second-order valence-corrected chi connectivity index (χ2v) is 3.34. The van der Waals surface area contributed by atoms with Crippen LogP contribution >= 0.6 is 0 Å². The van der Waals surface area contributed by atoms with Crippen molar-refractivity contribution in [3.63, 3.8) is 0 Å². The van der Waals surface area contributed by atoms with E-state index in [-0.39, 0.29) is 23.7 Å². The van der Waals surface area contributed by atoms with E-state index in [2.05, 4.69) is 12.1 Å². The van der Waals surface area contributed by atoms with Crippen LogP contribution < -0.4 is 0 Å².